The Bertz CT molecular complexity index is 377. The molecule has 1 aromatic heterocycles. The van der Waals surface area contributed by atoms with Crippen LogP contribution in [0.4, 0.5) is 4.79 Å². The summed E-state index contributed by atoms with van der Waals surface area (Å²) in [5, 5.41) is 4.50. The summed E-state index contributed by atoms with van der Waals surface area (Å²) in [7, 11) is 0. The third-order valence-corrected chi connectivity index (χ3v) is 2.39. The van der Waals surface area contributed by atoms with Crippen molar-refractivity contribution in [3.8, 4) is 0 Å². The van der Waals surface area contributed by atoms with Crippen molar-refractivity contribution in [2.75, 3.05) is 6.54 Å². The van der Waals surface area contributed by atoms with Crippen LogP contribution in [0.5, 0.6) is 0 Å². The molecule has 0 aromatic carbocycles. The lowest BCUT2D eigenvalue weighted by molar-refractivity contribution is 0.249. The van der Waals surface area contributed by atoms with E-state index in [1.807, 2.05) is 23.1 Å². The Morgan fingerprint density at radius 3 is 3.29 bits per heavy atom. The molecule has 14 heavy (non-hydrogen) atoms. The number of carbonyl (C=O) groups is 1. The number of aryl methyl sites for hydroxylation is 1. The van der Waals surface area contributed by atoms with Crippen LogP contribution in [0.15, 0.2) is 29.2 Å². The van der Waals surface area contributed by atoms with E-state index in [2.05, 4.69) is 16.9 Å². The number of carbonyl (C=O) groups excluding carboxylic acids is 1. The highest BCUT2D eigenvalue weighted by molar-refractivity contribution is 7.07. The standard InChI is InChI=1S/C9H13N3OS/c1-3-5-10-8(13)11-9-12(4-2)6-7-14-9/h3,6-7H,1,4-5H2,2H3,(H,10,13)/b11-9+. The van der Waals surface area contributed by atoms with Crippen LogP contribution in [0.1, 0.15) is 6.92 Å². The summed E-state index contributed by atoms with van der Waals surface area (Å²) in [5.41, 5.74) is 0. The molecule has 0 spiro atoms. The normalized spacial score (nSPS) is 11.4. The van der Waals surface area contributed by atoms with Gasteiger partial charge in [0, 0.05) is 24.7 Å². The molecule has 1 heterocycles. The third-order valence-electron chi connectivity index (χ3n) is 1.60. The van der Waals surface area contributed by atoms with E-state index >= 15 is 0 Å². The van der Waals surface area contributed by atoms with Gasteiger partial charge in [-0.25, -0.2) is 4.79 Å². The van der Waals surface area contributed by atoms with Crippen LogP contribution < -0.4 is 10.1 Å². The first-order chi connectivity index (χ1) is 6.77. The highest BCUT2D eigenvalue weighted by Crippen LogP contribution is 1.89. The number of urea groups is 1. The molecular formula is C9H13N3OS. The number of hydrogen-bond acceptors (Lipinski definition) is 2. The smallest absolute Gasteiger partial charge is 0.333 e. The van der Waals surface area contributed by atoms with Crippen LogP contribution >= 0.6 is 11.3 Å². The highest BCUT2D eigenvalue weighted by atomic mass is 32.1. The van der Waals surface area contributed by atoms with Crippen LogP contribution in [0.2, 0.25) is 0 Å². The maximum Gasteiger partial charge on any atom is 0.343 e. The zero-order valence-electron chi connectivity index (χ0n) is 8.06. The van der Waals surface area contributed by atoms with Crippen molar-refractivity contribution in [3.63, 3.8) is 0 Å². The lowest BCUT2D eigenvalue weighted by Crippen LogP contribution is -2.24. The summed E-state index contributed by atoms with van der Waals surface area (Å²) in [6.07, 6.45) is 3.53. The summed E-state index contributed by atoms with van der Waals surface area (Å²) in [6, 6.07) is -0.324. The second-order valence-corrected chi connectivity index (χ2v) is 3.43. The largest absolute Gasteiger partial charge is 0.343 e. The van der Waals surface area contributed by atoms with Crippen LogP contribution in [0, 0.1) is 0 Å². The Hall–Kier alpha value is -1.36. The summed E-state index contributed by atoms with van der Waals surface area (Å²) in [5.74, 6) is 0. The molecule has 1 N–H and O–H groups in total. The minimum absolute atomic E-state index is 0.324. The minimum Gasteiger partial charge on any atom is -0.333 e. The van der Waals surface area contributed by atoms with Gasteiger partial charge in [0.05, 0.1) is 0 Å². The molecule has 1 rings (SSSR count). The number of rotatable bonds is 3. The Labute approximate surface area is 86.6 Å². The van der Waals surface area contributed by atoms with E-state index in [4.69, 9.17) is 0 Å². The molecular weight excluding hydrogens is 198 g/mol. The average Bonchev–Trinajstić information content (AvgIpc) is 2.62. The van der Waals surface area contributed by atoms with Gasteiger partial charge in [0.1, 0.15) is 0 Å². The molecule has 2 amide bonds. The van der Waals surface area contributed by atoms with Gasteiger partial charge < -0.3 is 9.88 Å². The lowest BCUT2D eigenvalue weighted by Gasteiger charge is -1.96. The molecule has 0 aliphatic carbocycles. The summed E-state index contributed by atoms with van der Waals surface area (Å²) >= 11 is 1.45. The number of amides is 2. The molecule has 76 valence electrons. The Morgan fingerprint density at radius 2 is 2.64 bits per heavy atom. The Balaban J connectivity index is 2.76. The molecule has 0 aliphatic rings. The van der Waals surface area contributed by atoms with Crippen LogP contribution in [0.25, 0.3) is 0 Å². The molecule has 0 unspecified atom stereocenters. The fraction of sp³-hybridized carbons (Fsp3) is 0.333. The zero-order chi connectivity index (χ0) is 10.4. The van der Waals surface area contributed by atoms with Gasteiger partial charge >= 0.3 is 6.03 Å². The number of thiazole rings is 1. The van der Waals surface area contributed by atoms with Crippen molar-refractivity contribution in [1.82, 2.24) is 9.88 Å². The molecule has 4 nitrogen and oxygen atoms in total. The Morgan fingerprint density at radius 1 is 1.86 bits per heavy atom. The second-order valence-electron chi connectivity index (χ2n) is 2.56. The van der Waals surface area contributed by atoms with Crippen molar-refractivity contribution in [1.29, 1.82) is 0 Å². The predicted octanol–water partition coefficient (Wildman–Crippen LogP) is 1.37. The maximum absolute atomic E-state index is 11.2. The molecule has 5 heteroatoms. The zero-order valence-corrected chi connectivity index (χ0v) is 8.88. The van der Waals surface area contributed by atoms with Gasteiger partial charge in [-0.05, 0) is 6.92 Å². The molecule has 0 saturated carbocycles. The van der Waals surface area contributed by atoms with Crippen molar-refractivity contribution in [3.05, 3.63) is 29.0 Å². The van der Waals surface area contributed by atoms with Crippen molar-refractivity contribution >= 4 is 17.4 Å². The predicted molar refractivity (Wildman–Crippen MR) is 57.1 cm³/mol. The fourth-order valence-electron chi connectivity index (χ4n) is 0.913. The summed E-state index contributed by atoms with van der Waals surface area (Å²) in [4.78, 5) is 15.8. The molecule has 0 aliphatic heterocycles. The average molecular weight is 211 g/mol. The minimum atomic E-state index is -0.324. The van der Waals surface area contributed by atoms with E-state index in [0.29, 0.717) is 11.3 Å². The Kier molecular flexibility index (Phi) is 4.12. The molecule has 0 bridgehead atoms. The van der Waals surface area contributed by atoms with E-state index in [1.165, 1.54) is 11.3 Å². The monoisotopic (exact) mass is 211 g/mol. The first-order valence-electron chi connectivity index (χ1n) is 4.35. The second kappa shape index (κ2) is 5.39. The van der Waals surface area contributed by atoms with Gasteiger partial charge in [-0.15, -0.1) is 17.9 Å². The van der Waals surface area contributed by atoms with E-state index in [1.54, 1.807) is 6.08 Å². The topological polar surface area (TPSA) is 46.4 Å². The van der Waals surface area contributed by atoms with Crippen LogP contribution in [-0.4, -0.2) is 17.1 Å². The number of aromatic nitrogens is 1. The quantitative estimate of drug-likeness (QED) is 0.754. The van der Waals surface area contributed by atoms with E-state index in [9.17, 15) is 4.79 Å². The van der Waals surface area contributed by atoms with Crippen molar-refractivity contribution in [2.24, 2.45) is 4.99 Å². The fourth-order valence-corrected chi connectivity index (χ4v) is 1.70. The van der Waals surface area contributed by atoms with Crippen molar-refractivity contribution < 1.29 is 4.79 Å². The summed E-state index contributed by atoms with van der Waals surface area (Å²) in [6.45, 7) is 6.77. The van der Waals surface area contributed by atoms with E-state index in [-0.39, 0.29) is 6.03 Å². The van der Waals surface area contributed by atoms with Gasteiger partial charge in [-0.2, -0.15) is 4.99 Å². The van der Waals surface area contributed by atoms with Crippen molar-refractivity contribution in [2.45, 2.75) is 13.5 Å². The van der Waals surface area contributed by atoms with Crippen LogP contribution in [-0.2, 0) is 6.54 Å². The van der Waals surface area contributed by atoms with E-state index in [0.717, 1.165) is 6.54 Å². The van der Waals surface area contributed by atoms with Gasteiger partial charge in [-0.1, -0.05) is 6.08 Å². The van der Waals surface area contributed by atoms with Gasteiger partial charge in [0.2, 0.25) is 0 Å². The molecule has 0 saturated heterocycles. The molecule has 1 aromatic rings. The van der Waals surface area contributed by atoms with Gasteiger partial charge in [-0.3, -0.25) is 0 Å². The van der Waals surface area contributed by atoms with Gasteiger partial charge in [0.25, 0.3) is 0 Å². The number of hydrogen-bond donors (Lipinski definition) is 1. The van der Waals surface area contributed by atoms with E-state index < -0.39 is 0 Å². The third kappa shape index (κ3) is 2.85. The lowest BCUT2D eigenvalue weighted by atomic mass is 10.6. The first-order valence-corrected chi connectivity index (χ1v) is 5.23. The first kappa shape index (κ1) is 10.7. The molecule has 0 radical (unpaired) electrons. The highest BCUT2D eigenvalue weighted by Gasteiger charge is 1.96. The SMILES string of the molecule is C=CCNC(=O)/N=c1/sccn1CC. The maximum atomic E-state index is 11.2. The molecule has 0 fully saturated rings. The number of nitrogens with one attached hydrogen (secondary N) is 1. The number of nitrogens with zero attached hydrogens (tertiary/aromatic N) is 2. The molecule has 0 atom stereocenters. The van der Waals surface area contributed by atoms with Gasteiger partial charge in [0.15, 0.2) is 4.80 Å². The van der Waals surface area contributed by atoms with Crippen LogP contribution in [0.3, 0.4) is 0 Å². The summed E-state index contributed by atoms with van der Waals surface area (Å²) < 4.78 is 1.91.